The Labute approximate surface area is 119 Å². The number of nitrogens with one attached hydrogen (secondary N) is 1. The minimum Gasteiger partial charge on any atom is -0.476 e. The molecule has 1 aromatic carbocycles. The summed E-state index contributed by atoms with van der Waals surface area (Å²) in [7, 11) is 0. The molecule has 0 saturated carbocycles. The van der Waals surface area contributed by atoms with E-state index in [1.165, 1.54) is 18.4 Å². The van der Waals surface area contributed by atoms with E-state index in [-0.39, 0.29) is 0 Å². The molecule has 2 heterocycles. The third-order valence-corrected chi connectivity index (χ3v) is 3.87. The van der Waals surface area contributed by atoms with Gasteiger partial charge < -0.3 is 10.1 Å². The lowest BCUT2D eigenvalue weighted by molar-refractivity contribution is 0.207. The van der Waals surface area contributed by atoms with Gasteiger partial charge in [0.15, 0.2) is 0 Å². The van der Waals surface area contributed by atoms with Crippen molar-refractivity contribution in [1.29, 1.82) is 0 Å². The van der Waals surface area contributed by atoms with Gasteiger partial charge in [-0.2, -0.15) is 0 Å². The summed E-state index contributed by atoms with van der Waals surface area (Å²) in [6.07, 6.45) is 2.36. The van der Waals surface area contributed by atoms with Crippen LogP contribution in [0.3, 0.4) is 0 Å². The Hall–Kier alpha value is -1.68. The standard InChI is InChI=1S/C16H21N3O/c1-11-3-4-14-15(9-11)18-12(2)16(19-14)20-10-13-5-7-17-8-6-13/h3-4,9,13,17H,5-8,10H2,1-2H3. The molecular weight excluding hydrogens is 250 g/mol. The topological polar surface area (TPSA) is 47.0 Å². The molecule has 0 aliphatic carbocycles. The second kappa shape index (κ2) is 5.75. The molecule has 1 saturated heterocycles. The molecule has 1 aliphatic heterocycles. The van der Waals surface area contributed by atoms with Crippen molar-refractivity contribution < 1.29 is 4.74 Å². The fourth-order valence-corrected chi connectivity index (χ4v) is 2.62. The second-order valence-corrected chi connectivity index (χ2v) is 5.61. The quantitative estimate of drug-likeness (QED) is 0.932. The van der Waals surface area contributed by atoms with Gasteiger partial charge in [0, 0.05) is 0 Å². The molecule has 106 valence electrons. The van der Waals surface area contributed by atoms with E-state index < -0.39 is 0 Å². The van der Waals surface area contributed by atoms with E-state index in [1.807, 2.05) is 13.0 Å². The summed E-state index contributed by atoms with van der Waals surface area (Å²) in [5.41, 5.74) is 3.92. The van der Waals surface area contributed by atoms with Crippen molar-refractivity contribution in [3.05, 3.63) is 29.5 Å². The van der Waals surface area contributed by atoms with Crippen LogP contribution in [0.4, 0.5) is 0 Å². The first-order valence-corrected chi connectivity index (χ1v) is 7.31. The normalized spacial score (nSPS) is 16.5. The minimum absolute atomic E-state index is 0.631. The maximum absolute atomic E-state index is 5.91. The first-order valence-electron chi connectivity index (χ1n) is 7.31. The highest BCUT2D eigenvalue weighted by molar-refractivity contribution is 5.75. The Morgan fingerprint density at radius 3 is 2.75 bits per heavy atom. The van der Waals surface area contributed by atoms with Crippen molar-refractivity contribution in [2.45, 2.75) is 26.7 Å². The van der Waals surface area contributed by atoms with E-state index in [0.717, 1.165) is 36.4 Å². The average molecular weight is 271 g/mol. The number of nitrogens with zero attached hydrogens (tertiary/aromatic N) is 2. The smallest absolute Gasteiger partial charge is 0.235 e. The summed E-state index contributed by atoms with van der Waals surface area (Å²) in [4.78, 5) is 9.20. The van der Waals surface area contributed by atoms with E-state index in [9.17, 15) is 0 Å². The predicted molar refractivity (Wildman–Crippen MR) is 80.1 cm³/mol. The summed E-state index contributed by atoms with van der Waals surface area (Å²) >= 11 is 0. The lowest BCUT2D eigenvalue weighted by atomic mass is 9.99. The van der Waals surface area contributed by atoms with Gasteiger partial charge in [0.2, 0.25) is 5.88 Å². The Morgan fingerprint density at radius 1 is 1.15 bits per heavy atom. The van der Waals surface area contributed by atoms with Gasteiger partial charge in [0.1, 0.15) is 5.69 Å². The highest BCUT2D eigenvalue weighted by atomic mass is 16.5. The zero-order chi connectivity index (χ0) is 13.9. The number of fused-ring (bicyclic) bond motifs is 1. The second-order valence-electron chi connectivity index (χ2n) is 5.61. The molecule has 3 rings (SSSR count). The SMILES string of the molecule is Cc1ccc2nc(OCC3CCNCC3)c(C)nc2c1. The van der Waals surface area contributed by atoms with Gasteiger partial charge in [-0.3, -0.25) is 0 Å². The average Bonchev–Trinajstić information content (AvgIpc) is 2.46. The van der Waals surface area contributed by atoms with Crippen LogP contribution >= 0.6 is 0 Å². The summed E-state index contributed by atoms with van der Waals surface area (Å²) in [6.45, 7) is 6.96. The van der Waals surface area contributed by atoms with Crippen LogP contribution in [0, 0.1) is 19.8 Å². The molecule has 4 heteroatoms. The lowest BCUT2D eigenvalue weighted by Gasteiger charge is -2.22. The molecule has 0 unspecified atom stereocenters. The molecule has 1 N–H and O–H groups in total. The largest absolute Gasteiger partial charge is 0.476 e. The lowest BCUT2D eigenvalue weighted by Crippen LogP contribution is -2.30. The Morgan fingerprint density at radius 2 is 1.95 bits per heavy atom. The van der Waals surface area contributed by atoms with Crippen molar-refractivity contribution >= 4 is 11.0 Å². The fourth-order valence-electron chi connectivity index (χ4n) is 2.62. The fraction of sp³-hybridized carbons (Fsp3) is 0.500. The zero-order valence-corrected chi connectivity index (χ0v) is 12.1. The van der Waals surface area contributed by atoms with Gasteiger partial charge in [0.05, 0.1) is 17.6 Å². The Kier molecular flexibility index (Phi) is 3.83. The summed E-state index contributed by atoms with van der Waals surface area (Å²) in [5, 5.41) is 3.37. The van der Waals surface area contributed by atoms with E-state index in [4.69, 9.17) is 4.74 Å². The van der Waals surface area contributed by atoms with Crippen LogP contribution < -0.4 is 10.1 Å². The van der Waals surface area contributed by atoms with Gasteiger partial charge in [-0.15, -0.1) is 0 Å². The highest BCUT2D eigenvalue weighted by Gasteiger charge is 2.15. The molecule has 20 heavy (non-hydrogen) atoms. The number of hydrogen-bond acceptors (Lipinski definition) is 4. The van der Waals surface area contributed by atoms with Crippen LogP contribution in [0.25, 0.3) is 11.0 Å². The number of aromatic nitrogens is 2. The van der Waals surface area contributed by atoms with Crippen molar-refractivity contribution in [3.63, 3.8) is 0 Å². The number of rotatable bonds is 3. The molecule has 0 atom stereocenters. The first-order chi connectivity index (χ1) is 9.72. The maximum Gasteiger partial charge on any atom is 0.235 e. The van der Waals surface area contributed by atoms with Crippen LogP contribution in [0.15, 0.2) is 18.2 Å². The van der Waals surface area contributed by atoms with E-state index in [1.54, 1.807) is 0 Å². The van der Waals surface area contributed by atoms with Crippen molar-refractivity contribution in [2.75, 3.05) is 19.7 Å². The molecule has 2 aromatic rings. The van der Waals surface area contributed by atoms with Crippen LogP contribution in [-0.2, 0) is 0 Å². The van der Waals surface area contributed by atoms with E-state index in [0.29, 0.717) is 11.8 Å². The van der Waals surface area contributed by atoms with Crippen LogP contribution in [-0.4, -0.2) is 29.7 Å². The molecule has 1 aliphatic rings. The number of aryl methyl sites for hydroxylation is 2. The van der Waals surface area contributed by atoms with Crippen LogP contribution in [0.2, 0.25) is 0 Å². The monoisotopic (exact) mass is 271 g/mol. The molecule has 0 spiro atoms. The maximum atomic E-state index is 5.91. The number of piperidine rings is 1. The third-order valence-electron chi connectivity index (χ3n) is 3.87. The van der Waals surface area contributed by atoms with Gasteiger partial charge in [-0.05, 0) is 63.4 Å². The zero-order valence-electron chi connectivity index (χ0n) is 12.1. The predicted octanol–water partition coefficient (Wildman–Crippen LogP) is 2.63. The van der Waals surface area contributed by atoms with Crippen molar-refractivity contribution in [2.24, 2.45) is 5.92 Å². The highest BCUT2D eigenvalue weighted by Crippen LogP contribution is 2.21. The van der Waals surface area contributed by atoms with Gasteiger partial charge in [0.25, 0.3) is 0 Å². The molecular formula is C16H21N3O. The summed E-state index contributed by atoms with van der Waals surface area (Å²) in [5.74, 6) is 1.31. The van der Waals surface area contributed by atoms with Crippen molar-refractivity contribution in [1.82, 2.24) is 15.3 Å². The number of ether oxygens (including phenoxy) is 1. The van der Waals surface area contributed by atoms with Crippen LogP contribution in [0.5, 0.6) is 5.88 Å². The molecule has 0 bridgehead atoms. The third kappa shape index (κ3) is 2.90. The summed E-state index contributed by atoms with van der Waals surface area (Å²) < 4.78 is 5.91. The van der Waals surface area contributed by atoms with Crippen LogP contribution in [0.1, 0.15) is 24.1 Å². The van der Waals surface area contributed by atoms with Gasteiger partial charge in [-0.25, -0.2) is 9.97 Å². The molecule has 0 amide bonds. The van der Waals surface area contributed by atoms with Crippen molar-refractivity contribution in [3.8, 4) is 5.88 Å². The molecule has 4 nitrogen and oxygen atoms in total. The number of benzene rings is 1. The number of hydrogen-bond donors (Lipinski definition) is 1. The summed E-state index contributed by atoms with van der Waals surface area (Å²) in [6, 6.07) is 6.13. The van der Waals surface area contributed by atoms with E-state index in [2.05, 4.69) is 34.3 Å². The molecule has 0 radical (unpaired) electrons. The van der Waals surface area contributed by atoms with Gasteiger partial charge >= 0.3 is 0 Å². The minimum atomic E-state index is 0.631. The first kappa shape index (κ1) is 13.3. The Bertz CT molecular complexity index is 606. The molecule has 1 aromatic heterocycles. The molecule has 1 fully saturated rings. The van der Waals surface area contributed by atoms with E-state index >= 15 is 0 Å². The Balaban J connectivity index is 1.77. The van der Waals surface area contributed by atoms with Gasteiger partial charge in [-0.1, -0.05) is 6.07 Å².